The van der Waals surface area contributed by atoms with Gasteiger partial charge in [-0.15, -0.1) is 0 Å². The third-order valence-corrected chi connectivity index (χ3v) is 3.68. The Morgan fingerprint density at radius 3 is 2.70 bits per heavy atom. The second-order valence-corrected chi connectivity index (χ2v) is 5.19. The van der Waals surface area contributed by atoms with Crippen molar-refractivity contribution in [1.82, 2.24) is 0 Å². The fraction of sp³-hybridized carbons (Fsp3) is 0.111. The number of rotatable bonds is 3. The topological polar surface area (TPSA) is 56.1 Å². The molecule has 0 aromatic heterocycles. The molecule has 0 bridgehead atoms. The minimum Gasteiger partial charge on any atom is -0.346 e. The van der Waals surface area contributed by atoms with Crippen LogP contribution in [-0.4, -0.2) is 12.5 Å². The largest absolute Gasteiger partial charge is 0.346 e. The molecule has 2 aromatic rings. The summed E-state index contributed by atoms with van der Waals surface area (Å²) in [6, 6.07) is 15.2. The van der Waals surface area contributed by atoms with Crippen LogP contribution in [0.2, 0.25) is 0 Å². The van der Waals surface area contributed by atoms with E-state index in [1.807, 2.05) is 35.2 Å². The summed E-state index contributed by atoms with van der Waals surface area (Å²) < 4.78 is 12.9. The van der Waals surface area contributed by atoms with Crippen molar-refractivity contribution in [3.05, 3.63) is 71.7 Å². The number of nitrogens with zero attached hydrogens (tertiary/aromatic N) is 2. The molecule has 0 fully saturated rings. The summed E-state index contributed by atoms with van der Waals surface area (Å²) in [4.78, 5) is 14.1. The maximum Gasteiger partial charge on any atom is 0.267 e. The molecule has 23 heavy (non-hydrogen) atoms. The number of fused-ring (bicyclic) bond motifs is 1. The van der Waals surface area contributed by atoms with Gasteiger partial charge in [0.05, 0.1) is 0 Å². The molecule has 0 saturated carbocycles. The number of hydrogen-bond acceptors (Lipinski definition) is 3. The van der Waals surface area contributed by atoms with Gasteiger partial charge in [-0.05, 0) is 42.3 Å². The number of hydrogen-bond donors (Lipinski definition) is 1. The van der Waals surface area contributed by atoms with Crippen LogP contribution in [0.5, 0.6) is 0 Å². The van der Waals surface area contributed by atoms with Crippen LogP contribution in [-0.2, 0) is 11.2 Å². The van der Waals surface area contributed by atoms with Gasteiger partial charge in [0, 0.05) is 24.1 Å². The second kappa shape index (κ2) is 6.32. The predicted molar refractivity (Wildman–Crippen MR) is 86.2 cm³/mol. The highest BCUT2D eigenvalue weighted by molar-refractivity contribution is 6.06. The molecule has 1 heterocycles. The van der Waals surface area contributed by atoms with Crippen LogP contribution < -0.4 is 10.2 Å². The Morgan fingerprint density at radius 1 is 1.22 bits per heavy atom. The number of para-hydroxylation sites is 1. The van der Waals surface area contributed by atoms with Crippen LogP contribution in [0.3, 0.4) is 0 Å². The van der Waals surface area contributed by atoms with Crippen molar-refractivity contribution < 1.29 is 9.18 Å². The van der Waals surface area contributed by atoms with Crippen molar-refractivity contribution in [3.8, 4) is 6.07 Å². The molecule has 114 valence electrons. The summed E-state index contributed by atoms with van der Waals surface area (Å²) in [5.74, 6) is -0.892. The summed E-state index contributed by atoms with van der Waals surface area (Å²) in [6.07, 6.45) is 2.44. The molecule has 5 heteroatoms. The highest BCUT2D eigenvalue weighted by atomic mass is 19.1. The molecule has 1 aliphatic rings. The molecule has 2 aromatic carbocycles. The van der Waals surface area contributed by atoms with Gasteiger partial charge in [0.1, 0.15) is 17.5 Å². The molecule has 0 saturated heterocycles. The van der Waals surface area contributed by atoms with Gasteiger partial charge >= 0.3 is 0 Å². The van der Waals surface area contributed by atoms with Gasteiger partial charge < -0.3 is 10.2 Å². The monoisotopic (exact) mass is 307 g/mol. The quantitative estimate of drug-likeness (QED) is 0.699. The van der Waals surface area contributed by atoms with Crippen LogP contribution in [0.4, 0.5) is 15.8 Å². The van der Waals surface area contributed by atoms with Crippen molar-refractivity contribution in [2.75, 3.05) is 16.8 Å². The molecule has 3 rings (SSSR count). The first-order valence-corrected chi connectivity index (χ1v) is 7.21. The van der Waals surface area contributed by atoms with Gasteiger partial charge in [-0.2, -0.15) is 5.26 Å². The average molecular weight is 307 g/mol. The second-order valence-electron chi connectivity index (χ2n) is 5.19. The number of carbonyl (C=O) groups excluding carboxylic acids is 1. The van der Waals surface area contributed by atoms with E-state index in [0.29, 0.717) is 5.69 Å². The van der Waals surface area contributed by atoms with Gasteiger partial charge in [0.15, 0.2) is 0 Å². The van der Waals surface area contributed by atoms with E-state index < -0.39 is 5.91 Å². The van der Waals surface area contributed by atoms with E-state index in [9.17, 15) is 14.4 Å². The average Bonchev–Trinajstić information content (AvgIpc) is 2.97. The zero-order valence-corrected chi connectivity index (χ0v) is 12.3. The fourth-order valence-electron chi connectivity index (χ4n) is 2.52. The molecule has 1 aliphatic heterocycles. The van der Waals surface area contributed by atoms with E-state index in [0.717, 1.165) is 18.7 Å². The predicted octanol–water partition coefficient (Wildman–Crippen LogP) is 3.23. The van der Waals surface area contributed by atoms with Gasteiger partial charge in [0.2, 0.25) is 0 Å². The number of amides is 1. The first-order valence-electron chi connectivity index (χ1n) is 7.21. The van der Waals surface area contributed by atoms with Crippen molar-refractivity contribution in [2.45, 2.75) is 6.42 Å². The Bertz CT molecular complexity index is 806. The fourth-order valence-corrected chi connectivity index (χ4v) is 2.52. The minimum absolute atomic E-state index is 0.00558. The number of nitriles is 1. The van der Waals surface area contributed by atoms with Gasteiger partial charge in [-0.25, -0.2) is 4.39 Å². The summed E-state index contributed by atoms with van der Waals surface area (Å²) in [7, 11) is 0. The van der Waals surface area contributed by atoms with E-state index in [-0.39, 0.29) is 11.4 Å². The Hall–Kier alpha value is -3.13. The van der Waals surface area contributed by atoms with Crippen LogP contribution >= 0.6 is 0 Å². The zero-order chi connectivity index (χ0) is 16.2. The van der Waals surface area contributed by atoms with Crippen molar-refractivity contribution in [2.24, 2.45) is 0 Å². The van der Waals surface area contributed by atoms with E-state index in [1.165, 1.54) is 29.8 Å². The summed E-state index contributed by atoms with van der Waals surface area (Å²) >= 11 is 0. The van der Waals surface area contributed by atoms with Gasteiger partial charge in [-0.3, -0.25) is 4.79 Å². The Labute approximate surface area is 133 Å². The van der Waals surface area contributed by atoms with Crippen LogP contribution in [0.15, 0.2) is 60.3 Å². The van der Waals surface area contributed by atoms with E-state index >= 15 is 0 Å². The maximum atomic E-state index is 12.9. The molecular formula is C18H14FN3O. The normalized spacial score (nSPS) is 13.4. The molecule has 0 aliphatic carbocycles. The van der Waals surface area contributed by atoms with Crippen LogP contribution in [0.25, 0.3) is 0 Å². The number of nitrogens with one attached hydrogen (secondary N) is 1. The van der Waals surface area contributed by atoms with E-state index in [2.05, 4.69) is 5.32 Å². The van der Waals surface area contributed by atoms with Gasteiger partial charge in [-0.1, -0.05) is 18.2 Å². The molecular weight excluding hydrogens is 293 g/mol. The van der Waals surface area contributed by atoms with Crippen LogP contribution in [0.1, 0.15) is 5.56 Å². The highest BCUT2D eigenvalue weighted by Gasteiger charge is 2.19. The first kappa shape index (κ1) is 14.8. The van der Waals surface area contributed by atoms with Gasteiger partial charge in [0.25, 0.3) is 5.91 Å². The first-order chi connectivity index (χ1) is 11.2. The third-order valence-electron chi connectivity index (χ3n) is 3.68. The lowest BCUT2D eigenvalue weighted by molar-refractivity contribution is -0.112. The van der Waals surface area contributed by atoms with E-state index in [4.69, 9.17) is 0 Å². The Balaban J connectivity index is 1.79. The lowest BCUT2D eigenvalue weighted by Crippen LogP contribution is -2.19. The molecule has 1 N–H and O–H groups in total. The zero-order valence-electron chi connectivity index (χ0n) is 12.3. The smallest absolute Gasteiger partial charge is 0.267 e. The van der Waals surface area contributed by atoms with Crippen molar-refractivity contribution in [1.29, 1.82) is 5.26 Å². The highest BCUT2D eigenvalue weighted by Crippen LogP contribution is 2.28. The molecule has 1 amide bonds. The minimum atomic E-state index is -0.511. The number of carbonyl (C=O) groups is 1. The molecule has 0 atom stereocenters. The SMILES string of the molecule is N#C/C(=C/N1CCc2ccccc21)C(=O)Nc1ccc(F)cc1. The Morgan fingerprint density at radius 2 is 1.96 bits per heavy atom. The van der Waals surface area contributed by atoms with Crippen molar-refractivity contribution in [3.63, 3.8) is 0 Å². The lowest BCUT2D eigenvalue weighted by Gasteiger charge is -2.14. The molecule has 4 nitrogen and oxygen atoms in total. The molecule has 0 unspecified atom stereocenters. The maximum absolute atomic E-state index is 12.9. The molecule has 0 radical (unpaired) electrons. The number of benzene rings is 2. The number of anilines is 2. The summed E-state index contributed by atoms with van der Waals surface area (Å²) in [5.41, 5.74) is 2.65. The summed E-state index contributed by atoms with van der Waals surface area (Å²) in [6.45, 7) is 0.731. The summed E-state index contributed by atoms with van der Waals surface area (Å²) in [5, 5.41) is 11.9. The Kier molecular flexibility index (Phi) is 4.07. The standard InChI is InChI=1S/C18H14FN3O/c19-15-5-7-16(8-6-15)21-18(23)14(11-20)12-22-10-9-13-3-1-2-4-17(13)22/h1-8,12H,9-10H2,(H,21,23)/b14-12-. The number of halogens is 1. The third kappa shape index (κ3) is 3.22. The lowest BCUT2D eigenvalue weighted by atomic mass is 10.2. The van der Waals surface area contributed by atoms with Crippen LogP contribution in [0, 0.1) is 17.1 Å². The van der Waals surface area contributed by atoms with E-state index in [1.54, 1.807) is 6.20 Å². The van der Waals surface area contributed by atoms with Crippen molar-refractivity contribution >= 4 is 17.3 Å². The molecule has 0 spiro atoms.